The average molecular weight is 415 g/mol. The highest BCUT2D eigenvalue weighted by molar-refractivity contribution is 5.66. The number of unbranched alkanes of at least 4 members (excludes halogenated alkanes) is 1. The summed E-state index contributed by atoms with van der Waals surface area (Å²) in [5.74, 6) is 3.22. The van der Waals surface area contributed by atoms with Crippen molar-refractivity contribution in [3.05, 3.63) is 23.5 Å². The minimum atomic E-state index is -0.728. The number of aliphatic carboxylic acids is 1. The Kier molecular flexibility index (Phi) is 5.49. The number of rotatable bonds is 7. The van der Waals surface area contributed by atoms with Gasteiger partial charge in [0.2, 0.25) is 0 Å². The molecule has 0 amide bonds. The lowest BCUT2D eigenvalue weighted by atomic mass is 9.49. The number of allylic oxidation sites excluding steroid dienone is 3. The summed E-state index contributed by atoms with van der Waals surface area (Å²) < 4.78 is 0. The van der Waals surface area contributed by atoms with Crippen LogP contribution in [-0.2, 0) is 4.79 Å². The second kappa shape index (κ2) is 8.00. The summed E-state index contributed by atoms with van der Waals surface area (Å²) in [6.07, 6.45) is 17.8. The summed E-state index contributed by atoms with van der Waals surface area (Å²) in [7, 11) is 0. The average Bonchev–Trinajstić information content (AvgIpc) is 3.18. The summed E-state index contributed by atoms with van der Waals surface area (Å²) in [5, 5.41) is 30.5. The molecule has 0 aromatic carbocycles. The van der Waals surface area contributed by atoms with Crippen LogP contribution in [0.3, 0.4) is 0 Å². The number of hydrogen-bond acceptors (Lipinski definition) is 3. The smallest absolute Gasteiger partial charge is 0.303 e. The van der Waals surface area contributed by atoms with Crippen molar-refractivity contribution in [2.24, 2.45) is 40.9 Å². The van der Waals surface area contributed by atoms with Gasteiger partial charge in [-0.2, -0.15) is 0 Å². The van der Waals surface area contributed by atoms with Gasteiger partial charge in [-0.05, 0) is 118 Å². The lowest BCUT2D eigenvalue weighted by Gasteiger charge is -2.56. The van der Waals surface area contributed by atoms with E-state index < -0.39 is 12.1 Å². The van der Waals surface area contributed by atoms with Crippen molar-refractivity contribution in [2.75, 3.05) is 0 Å². The van der Waals surface area contributed by atoms with Crippen molar-refractivity contribution in [3.8, 4) is 0 Å². The van der Waals surface area contributed by atoms with Crippen LogP contribution in [-0.4, -0.2) is 27.4 Å². The number of hydrogen-bond donors (Lipinski definition) is 3. The zero-order valence-electron chi connectivity index (χ0n) is 18.1. The number of aliphatic hydroxyl groups is 2. The van der Waals surface area contributed by atoms with E-state index in [-0.39, 0.29) is 12.3 Å². The van der Waals surface area contributed by atoms with Gasteiger partial charge in [0.15, 0.2) is 0 Å². The van der Waals surface area contributed by atoms with Crippen molar-refractivity contribution in [1.29, 1.82) is 0 Å². The zero-order valence-corrected chi connectivity index (χ0v) is 18.1. The lowest BCUT2D eigenvalue weighted by molar-refractivity contribution is -0.137. The highest BCUT2D eigenvalue weighted by Crippen LogP contribution is 2.61. The predicted octanol–water partition coefficient (Wildman–Crippen LogP) is 5.62. The van der Waals surface area contributed by atoms with Crippen molar-refractivity contribution in [1.82, 2.24) is 0 Å². The van der Waals surface area contributed by atoms with E-state index in [1.54, 1.807) is 0 Å². The summed E-state index contributed by atoms with van der Waals surface area (Å²) in [4.78, 5) is 10.7. The zero-order chi connectivity index (χ0) is 20.9. The molecule has 0 aromatic rings. The van der Waals surface area contributed by atoms with E-state index in [4.69, 9.17) is 5.11 Å². The lowest BCUT2D eigenvalue weighted by Crippen LogP contribution is -2.45. The summed E-state index contributed by atoms with van der Waals surface area (Å²) >= 11 is 0. The second-order valence-electron chi connectivity index (χ2n) is 11.6. The van der Waals surface area contributed by atoms with Crippen LogP contribution in [0.25, 0.3) is 0 Å². The molecular formula is C26H38O4. The Hall–Kier alpha value is -1.29. The quantitative estimate of drug-likeness (QED) is 0.287. The van der Waals surface area contributed by atoms with Gasteiger partial charge in [-0.15, -0.1) is 0 Å². The van der Waals surface area contributed by atoms with Gasteiger partial charge in [-0.1, -0.05) is 11.6 Å². The summed E-state index contributed by atoms with van der Waals surface area (Å²) in [5.41, 5.74) is 1.83. The minimum Gasteiger partial charge on any atom is -0.512 e. The van der Waals surface area contributed by atoms with Gasteiger partial charge in [0.05, 0.1) is 11.9 Å². The SMILES string of the molecule is O=C(O)CCC/C=C1/C[C@@H]2C[C@H](O)[C@@H](C(O)=CCC34CC5CC(CC(C5)C3)C4)[C@@H]2C1. The van der Waals surface area contributed by atoms with E-state index in [2.05, 4.69) is 12.2 Å². The van der Waals surface area contributed by atoms with Crippen molar-refractivity contribution in [3.63, 3.8) is 0 Å². The molecule has 166 valence electrons. The minimum absolute atomic E-state index is 0.103. The van der Waals surface area contributed by atoms with Crippen LogP contribution in [0.15, 0.2) is 23.5 Å². The topological polar surface area (TPSA) is 77.8 Å². The molecule has 0 radical (unpaired) electrons. The monoisotopic (exact) mass is 414 g/mol. The Labute approximate surface area is 180 Å². The maximum Gasteiger partial charge on any atom is 0.303 e. The molecule has 4 atom stereocenters. The first-order valence-corrected chi connectivity index (χ1v) is 12.4. The highest BCUT2D eigenvalue weighted by atomic mass is 16.4. The van der Waals surface area contributed by atoms with Gasteiger partial charge in [-0.25, -0.2) is 0 Å². The van der Waals surface area contributed by atoms with Crippen LogP contribution >= 0.6 is 0 Å². The van der Waals surface area contributed by atoms with E-state index >= 15 is 0 Å². The van der Waals surface area contributed by atoms with Gasteiger partial charge in [0.1, 0.15) is 0 Å². The van der Waals surface area contributed by atoms with Gasteiger partial charge >= 0.3 is 5.97 Å². The summed E-state index contributed by atoms with van der Waals surface area (Å²) in [6.45, 7) is 0. The molecule has 6 saturated carbocycles. The van der Waals surface area contributed by atoms with Crippen molar-refractivity contribution < 1.29 is 20.1 Å². The number of carbonyl (C=O) groups is 1. The third kappa shape index (κ3) is 3.97. The molecule has 0 heterocycles. The fraction of sp³-hybridized carbons (Fsp3) is 0.808. The van der Waals surface area contributed by atoms with E-state index in [0.29, 0.717) is 29.4 Å². The van der Waals surface area contributed by atoms with E-state index in [0.717, 1.165) is 49.9 Å². The van der Waals surface area contributed by atoms with Crippen LogP contribution in [0, 0.1) is 40.9 Å². The first kappa shape index (κ1) is 20.6. The largest absolute Gasteiger partial charge is 0.512 e. The number of carboxylic acids is 1. The maximum absolute atomic E-state index is 11.0. The van der Waals surface area contributed by atoms with Crippen LogP contribution in [0.4, 0.5) is 0 Å². The van der Waals surface area contributed by atoms with Crippen molar-refractivity contribution in [2.45, 2.75) is 89.6 Å². The predicted molar refractivity (Wildman–Crippen MR) is 116 cm³/mol. The van der Waals surface area contributed by atoms with Gasteiger partial charge in [0.25, 0.3) is 0 Å². The summed E-state index contributed by atoms with van der Waals surface area (Å²) in [6, 6.07) is 0. The highest BCUT2D eigenvalue weighted by Gasteiger charge is 2.51. The molecule has 4 nitrogen and oxygen atoms in total. The molecule has 6 aliphatic carbocycles. The second-order valence-corrected chi connectivity index (χ2v) is 11.6. The van der Waals surface area contributed by atoms with Gasteiger partial charge < -0.3 is 15.3 Å². The number of fused-ring (bicyclic) bond motifs is 1. The van der Waals surface area contributed by atoms with Crippen LogP contribution in [0.5, 0.6) is 0 Å². The Morgan fingerprint density at radius 2 is 1.67 bits per heavy atom. The Morgan fingerprint density at radius 1 is 1.00 bits per heavy atom. The Bertz CT molecular complexity index is 700. The molecule has 0 aromatic heterocycles. The molecule has 0 unspecified atom stereocenters. The molecule has 3 N–H and O–H groups in total. The molecule has 4 bridgehead atoms. The molecule has 0 saturated heterocycles. The number of carboxylic acid groups (broad SMARTS) is 1. The molecule has 0 aliphatic heterocycles. The third-order valence-corrected chi connectivity index (χ3v) is 9.33. The molecule has 6 aliphatic rings. The number of aliphatic hydroxyl groups excluding tert-OH is 2. The van der Waals surface area contributed by atoms with Gasteiger partial charge in [-0.3, -0.25) is 4.79 Å². The molecule has 0 spiro atoms. The van der Waals surface area contributed by atoms with Crippen molar-refractivity contribution >= 4 is 5.97 Å². The third-order valence-electron chi connectivity index (χ3n) is 9.33. The maximum atomic E-state index is 11.0. The van der Waals surface area contributed by atoms with Crippen LogP contribution < -0.4 is 0 Å². The molecule has 30 heavy (non-hydrogen) atoms. The van der Waals surface area contributed by atoms with Crippen LogP contribution in [0.2, 0.25) is 0 Å². The van der Waals surface area contributed by atoms with Gasteiger partial charge in [0, 0.05) is 12.3 Å². The first-order valence-electron chi connectivity index (χ1n) is 12.4. The van der Waals surface area contributed by atoms with E-state index in [1.165, 1.54) is 44.1 Å². The van der Waals surface area contributed by atoms with Crippen LogP contribution in [0.1, 0.15) is 83.5 Å². The van der Waals surface area contributed by atoms with E-state index in [1.807, 2.05) is 0 Å². The Balaban J connectivity index is 1.22. The molecule has 6 rings (SSSR count). The first-order chi connectivity index (χ1) is 14.4. The Morgan fingerprint density at radius 3 is 2.30 bits per heavy atom. The fourth-order valence-corrected chi connectivity index (χ4v) is 8.60. The molecule has 6 fully saturated rings. The molecular weight excluding hydrogens is 376 g/mol. The normalized spacial score (nSPS) is 46.0. The standard InChI is InChI=1S/C26H38O4/c27-22(5-6-26-13-17-7-18(14-26)9-19(8-17)15-26)25-21-11-16(3-1-2-4-24(29)30)10-20(21)12-23(25)28/h3,5,17-21,23,25,27-28H,1-2,4,6-15H2,(H,29,30)/b16-3-,22-5?/t17?,18?,19?,20-,21-,23+,25-,26?/m1/s1. The fourth-order valence-electron chi connectivity index (χ4n) is 8.60. The molecule has 4 heteroatoms. The van der Waals surface area contributed by atoms with E-state index in [9.17, 15) is 15.0 Å².